The van der Waals surface area contributed by atoms with Crippen molar-refractivity contribution in [1.29, 1.82) is 0 Å². The fraction of sp³-hybridized carbons (Fsp3) is 0.150. The Hall–Kier alpha value is -2.61. The van der Waals surface area contributed by atoms with Gasteiger partial charge < -0.3 is 9.47 Å². The van der Waals surface area contributed by atoms with Crippen LogP contribution in [0.15, 0.2) is 52.9 Å². The van der Waals surface area contributed by atoms with E-state index in [9.17, 15) is 4.79 Å². The molecule has 3 rings (SSSR count). The molecule has 0 aliphatic carbocycles. The number of rotatable bonds is 8. The molecule has 0 aliphatic rings. The van der Waals surface area contributed by atoms with Crippen molar-refractivity contribution >= 4 is 51.9 Å². The number of thiazole rings is 1. The molecule has 0 fully saturated rings. The molecule has 0 unspecified atom stereocenters. The van der Waals surface area contributed by atoms with Crippen molar-refractivity contribution < 1.29 is 14.3 Å². The van der Waals surface area contributed by atoms with E-state index in [1.165, 1.54) is 11.3 Å². The Morgan fingerprint density at radius 1 is 1.21 bits per heavy atom. The van der Waals surface area contributed by atoms with Gasteiger partial charge in [0.1, 0.15) is 11.5 Å². The van der Waals surface area contributed by atoms with Crippen molar-refractivity contribution in [3.63, 3.8) is 0 Å². The fourth-order valence-corrected chi connectivity index (χ4v) is 3.24. The molecule has 1 heterocycles. The quantitative estimate of drug-likeness (QED) is 0.267. The molecule has 3 aromatic rings. The molecule has 0 amide bonds. The predicted octanol–water partition coefficient (Wildman–Crippen LogP) is 5.79. The second kappa shape index (κ2) is 10.2. The van der Waals surface area contributed by atoms with E-state index in [-0.39, 0.29) is 12.4 Å². The number of nitrogens with zero attached hydrogens (tertiary/aromatic N) is 2. The predicted molar refractivity (Wildman–Crippen MR) is 117 cm³/mol. The van der Waals surface area contributed by atoms with Crippen molar-refractivity contribution in [1.82, 2.24) is 4.98 Å². The summed E-state index contributed by atoms with van der Waals surface area (Å²) in [5.74, 6) is 0.925. The van der Waals surface area contributed by atoms with Crippen LogP contribution < -0.4 is 10.2 Å². The highest BCUT2D eigenvalue weighted by molar-refractivity contribution is 7.13. The summed E-state index contributed by atoms with van der Waals surface area (Å²) in [5.41, 5.74) is 4.33. The first kappa shape index (κ1) is 21.1. The average Bonchev–Trinajstić information content (AvgIpc) is 3.12. The van der Waals surface area contributed by atoms with Crippen LogP contribution in [0.2, 0.25) is 10.0 Å². The molecule has 6 nitrogen and oxygen atoms in total. The zero-order chi connectivity index (χ0) is 20.6. The van der Waals surface area contributed by atoms with Crippen molar-refractivity contribution in [2.45, 2.75) is 13.3 Å². The van der Waals surface area contributed by atoms with Gasteiger partial charge in [-0.2, -0.15) is 5.10 Å². The number of nitrogens with one attached hydrogen (secondary N) is 1. The van der Waals surface area contributed by atoms with Crippen LogP contribution in [0.1, 0.15) is 18.2 Å². The molecule has 0 bridgehead atoms. The van der Waals surface area contributed by atoms with Gasteiger partial charge >= 0.3 is 5.97 Å². The van der Waals surface area contributed by atoms with Crippen LogP contribution in [0.5, 0.6) is 11.5 Å². The molecule has 0 aliphatic heterocycles. The fourth-order valence-electron chi connectivity index (χ4n) is 2.30. The molecule has 0 saturated carbocycles. The second-order valence-electron chi connectivity index (χ2n) is 5.75. The third-order valence-corrected chi connectivity index (χ3v) is 5.08. The molecule has 9 heteroatoms. The number of benzene rings is 2. The van der Waals surface area contributed by atoms with Gasteiger partial charge in [-0.3, -0.25) is 10.2 Å². The van der Waals surface area contributed by atoms with E-state index < -0.39 is 0 Å². The standard InChI is InChI=1S/C20H17Cl2N3O3S/c1-2-27-19(26)9-14-12-29-20(24-14)25-23-11-13-4-3-5-15(8-13)28-16-6-7-17(21)18(22)10-16/h3-8,10-12H,2,9H2,1H3,(H,24,25). The van der Waals surface area contributed by atoms with Crippen LogP contribution in [0.4, 0.5) is 5.13 Å². The van der Waals surface area contributed by atoms with E-state index in [1.807, 2.05) is 24.3 Å². The van der Waals surface area contributed by atoms with Crippen molar-refractivity contribution in [2.24, 2.45) is 5.10 Å². The van der Waals surface area contributed by atoms with Gasteiger partial charge in [-0.15, -0.1) is 11.3 Å². The van der Waals surface area contributed by atoms with Crippen LogP contribution in [0.3, 0.4) is 0 Å². The molecule has 0 spiro atoms. The van der Waals surface area contributed by atoms with Crippen molar-refractivity contribution in [3.05, 3.63) is 69.1 Å². The van der Waals surface area contributed by atoms with Gasteiger partial charge in [0, 0.05) is 11.4 Å². The maximum atomic E-state index is 11.5. The largest absolute Gasteiger partial charge is 0.466 e. The first-order chi connectivity index (χ1) is 14.0. The number of halogens is 2. The summed E-state index contributed by atoms with van der Waals surface area (Å²) in [6.07, 6.45) is 1.79. The minimum absolute atomic E-state index is 0.143. The summed E-state index contributed by atoms with van der Waals surface area (Å²) in [6.45, 7) is 2.12. The smallest absolute Gasteiger partial charge is 0.311 e. The Labute approximate surface area is 182 Å². The van der Waals surface area contributed by atoms with E-state index in [4.69, 9.17) is 32.7 Å². The van der Waals surface area contributed by atoms with Crippen LogP contribution in [0.25, 0.3) is 0 Å². The Morgan fingerprint density at radius 3 is 2.83 bits per heavy atom. The van der Waals surface area contributed by atoms with E-state index in [1.54, 1.807) is 36.7 Å². The highest BCUT2D eigenvalue weighted by atomic mass is 35.5. The highest BCUT2D eigenvalue weighted by Gasteiger charge is 2.08. The Balaban J connectivity index is 1.58. The minimum atomic E-state index is -0.299. The Bertz CT molecular complexity index is 1020. The van der Waals surface area contributed by atoms with Crippen LogP contribution >= 0.6 is 34.5 Å². The van der Waals surface area contributed by atoms with E-state index in [2.05, 4.69) is 15.5 Å². The summed E-state index contributed by atoms with van der Waals surface area (Å²) in [5, 5.41) is 7.45. The number of aromatic nitrogens is 1. The number of esters is 1. The Kier molecular flexibility index (Phi) is 7.46. The first-order valence-electron chi connectivity index (χ1n) is 8.65. The van der Waals surface area contributed by atoms with E-state index in [0.29, 0.717) is 39.0 Å². The second-order valence-corrected chi connectivity index (χ2v) is 7.42. The van der Waals surface area contributed by atoms with Gasteiger partial charge in [-0.05, 0) is 36.8 Å². The zero-order valence-corrected chi connectivity index (χ0v) is 17.7. The third kappa shape index (κ3) is 6.45. The van der Waals surface area contributed by atoms with Crippen LogP contribution in [-0.4, -0.2) is 23.8 Å². The number of anilines is 1. The number of carbonyl (C=O) groups excluding carboxylic acids is 1. The number of hydrogen-bond acceptors (Lipinski definition) is 7. The average molecular weight is 450 g/mol. The maximum absolute atomic E-state index is 11.5. The zero-order valence-electron chi connectivity index (χ0n) is 15.4. The number of hydrogen-bond donors (Lipinski definition) is 1. The lowest BCUT2D eigenvalue weighted by atomic mass is 10.2. The van der Waals surface area contributed by atoms with Gasteiger partial charge in [0.2, 0.25) is 5.13 Å². The number of carbonyl (C=O) groups is 1. The first-order valence-corrected chi connectivity index (χ1v) is 10.3. The summed E-state index contributed by atoms with van der Waals surface area (Å²) >= 11 is 13.3. The SMILES string of the molecule is CCOC(=O)Cc1csc(NN=Cc2cccc(Oc3ccc(Cl)c(Cl)c3)c2)n1. The lowest BCUT2D eigenvalue weighted by molar-refractivity contribution is -0.142. The van der Waals surface area contributed by atoms with Crippen LogP contribution in [-0.2, 0) is 16.0 Å². The van der Waals surface area contributed by atoms with Gasteiger partial charge in [-0.25, -0.2) is 4.98 Å². The Morgan fingerprint density at radius 2 is 2.03 bits per heavy atom. The molecule has 0 saturated heterocycles. The van der Waals surface area contributed by atoms with Crippen molar-refractivity contribution in [2.75, 3.05) is 12.0 Å². The minimum Gasteiger partial charge on any atom is -0.466 e. The summed E-state index contributed by atoms with van der Waals surface area (Å²) < 4.78 is 10.7. The lowest BCUT2D eigenvalue weighted by Crippen LogP contribution is -2.07. The molecule has 150 valence electrons. The molecule has 1 aromatic heterocycles. The molecular formula is C20H17Cl2N3O3S. The monoisotopic (exact) mass is 449 g/mol. The number of hydrazone groups is 1. The lowest BCUT2D eigenvalue weighted by Gasteiger charge is -2.07. The van der Waals surface area contributed by atoms with Crippen LogP contribution in [0, 0.1) is 0 Å². The molecule has 1 N–H and O–H groups in total. The van der Waals surface area contributed by atoms with E-state index in [0.717, 1.165) is 5.56 Å². The normalized spacial score (nSPS) is 10.9. The van der Waals surface area contributed by atoms with E-state index >= 15 is 0 Å². The topological polar surface area (TPSA) is 72.8 Å². The molecule has 2 aromatic carbocycles. The molecule has 29 heavy (non-hydrogen) atoms. The van der Waals surface area contributed by atoms with Gasteiger partial charge in [-0.1, -0.05) is 35.3 Å². The summed E-state index contributed by atoms with van der Waals surface area (Å²) in [7, 11) is 0. The summed E-state index contributed by atoms with van der Waals surface area (Å²) in [6, 6.07) is 12.5. The molecular weight excluding hydrogens is 433 g/mol. The number of ether oxygens (including phenoxy) is 2. The van der Waals surface area contributed by atoms with Gasteiger partial charge in [0.25, 0.3) is 0 Å². The highest BCUT2D eigenvalue weighted by Crippen LogP contribution is 2.29. The summed E-state index contributed by atoms with van der Waals surface area (Å²) in [4.78, 5) is 15.8. The van der Waals surface area contributed by atoms with Gasteiger partial charge in [0.15, 0.2) is 0 Å². The van der Waals surface area contributed by atoms with Gasteiger partial charge in [0.05, 0.1) is 35.0 Å². The van der Waals surface area contributed by atoms with Crippen molar-refractivity contribution in [3.8, 4) is 11.5 Å². The third-order valence-electron chi connectivity index (χ3n) is 3.54. The molecule has 0 atom stereocenters. The molecule has 0 radical (unpaired) electrons. The maximum Gasteiger partial charge on any atom is 0.311 e.